The van der Waals surface area contributed by atoms with Gasteiger partial charge in [0.1, 0.15) is 0 Å². The number of nitrogens with zero attached hydrogens (tertiary/aromatic N) is 1. The van der Waals surface area contributed by atoms with Crippen molar-refractivity contribution < 1.29 is 14.7 Å². The number of carboxylic acid groups (broad SMARTS) is 1. The smallest absolute Gasteiger partial charge is 0.311 e. The third-order valence-electron chi connectivity index (χ3n) is 5.61. The molecule has 0 bridgehead atoms. The van der Waals surface area contributed by atoms with E-state index in [1.807, 2.05) is 42.3 Å². The van der Waals surface area contributed by atoms with Gasteiger partial charge in [0.2, 0.25) is 5.91 Å². The Labute approximate surface area is 159 Å². The van der Waals surface area contributed by atoms with Crippen LogP contribution in [0.1, 0.15) is 26.2 Å². The van der Waals surface area contributed by atoms with Gasteiger partial charge in [-0.05, 0) is 56.2 Å². The van der Waals surface area contributed by atoms with Gasteiger partial charge in [0.15, 0.2) is 0 Å². The topological polar surface area (TPSA) is 69.6 Å². The quantitative estimate of drug-likeness (QED) is 0.762. The molecule has 7 heteroatoms. The highest BCUT2D eigenvalue weighted by atomic mass is 35.5. The van der Waals surface area contributed by atoms with Crippen molar-refractivity contribution in [1.29, 1.82) is 0 Å². The van der Waals surface area contributed by atoms with E-state index < -0.39 is 11.4 Å². The number of hydrogen-bond donors (Lipinski definition) is 2. The molecule has 0 spiro atoms. The summed E-state index contributed by atoms with van der Waals surface area (Å²) in [5, 5.41) is 12.6. The molecule has 0 aromatic heterocycles. The molecule has 2 fully saturated rings. The van der Waals surface area contributed by atoms with E-state index in [9.17, 15) is 14.7 Å². The number of halogens is 1. The van der Waals surface area contributed by atoms with Gasteiger partial charge in [-0.25, -0.2) is 0 Å². The Kier molecular flexibility index (Phi) is 6.40. The molecule has 1 aromatic rings. The minimum absolute atomic E-state index is 0. The first-order chi connectivity index (χ1) is 11.5. The van der Waals surface area contributed by atoms with E-state index in [0.29, 0.717) is 13.1 Å². The van der Waals surface area contributed by atoms with Crippen molar-refractivity contribution in [3.05, 3.63) is 24.3 Å². The molecule has 1 unspecified atom stereocenters. The molecule has 1 aliphatic heterocycles. The van der Waals surface area contributed by atoms with Crippen LogP contribution < -0.4 is 5.32 Å². The molecule has 1 aromatic carbocycles. The van der Waals surface area contributed by atoms with Crippen LogP contribution in [0.2, 0.25) is 0 Å². The molecule has 1 heterocycles. The van der Waals surface area contributed by atoms with Crippen molar-refractivity contribution in [3.8, 4) is 0 Å². The number of carbonyl (C=O) groups excluding carboxylic acids is 1. The lowest BCUT2D eigenvalue weighted by molar-refractivity contribution is -0.149. The van der Waals surface area contributed by atoms with E-state index in [0.717, 1.165) is 29.8 Å². The Hall–Kier alpha value is -1.24. The van der Waals surface area contributed by atoms with Crippen molar-refractivity contribution >= 4 is 41.7 Å². The first kappa shape index (κ1) is 20.1. The SMILES string of the molecule is CSc1ccc(NC(=O)C(C)N2C[C@@H]3CCC[C@@]3(C(=O)O)C2)cc1.Cl. The second kappa shape index (κ2) is 7.98. The summed E-state index contributed by atoms with van der Waals surface area (Å²) >= 11 is 1.66. The zero-order valence-corrected chi connectivity index (χ0v) is 16.2. The number of rotatable bonds is 5. The number of nitrogens with one attached hydrogen (secondary N) is 1. The summed E-state index contributed by atoms with van der Waals surface area (Å²) in [4.78, 5) is 27.5. The van der Waals surface area contributed by atoms with E-state index in [-0.39, 0.29) is 30.3 Å². The molecule has 138 valence electrons. The van der Waals surface area contributed by atoms with Crippen LogP contribution in [0.25, 0.3) is 0 Å². The van der Waals surface area contributed by atoms with Gasteiger partial charge in [-0.1, -0.05) is 6.42 Å². The fourth-order valence-corrected chi connectivity index (χ4v) is 4.47. The molecule has 1 aliphatic carbocycles. The lowest BCUT2D eigenvalue weighted by Crippen LogP contribution is -2.43. The predicted molar refractivity (Wildman–Crippen MR) is 103 cm³/mol. The van der Waals surface area contributed by atoms with Gasteiger partial charge in [-0.15, -0.1) is 24.2 Å². The van der Waals surface area contributed by atoms with Gasteiger partial charge in [0.25, 0.3) is 0 Å². The average molecular weight is 385 g/mol. The Morgan fingerprint density at radius 3 is 2.60 bits per heavy atom. The van der Waals surface area contributed by atoms with Crippen LogP contribution in [0.5, 0.6) is 0 Å². The van der Waals surface area contributed by atoms with Crippen LogP contribution in [0, 0.1) is 11.3 Å². The molecule has 25 heavy (non-hydrogen) atoms. The van der Waals surface area contributed by atoms with Crippen LogP contribution in [0.3, 0.4) is 0 Å². The highest BCUT2D eigenvalue weighted by Gasteiger charge is 2.55. The summed E-state index contributed by atoms with van der Waals surface area (Å²) in [5.74, 6) is -0.605. The molecule has 1 saturated carbocycles. The van der Waals surface area contributed by atoms with Gasteiger partial charge >= 0.3 is 5.97 Å². The molecular weight excluding hydrogens is 360 g/mol. The zero-order chi connectivity index (χ0) is 17.3. The number of carbonyl (C=O) groups is 2. The minimum atomic E-state index is -0.701. The van der Waals surface area contributed by atoms with Crippen molar-refractivity contribution in [2.24, 2.45) is 11.3 Å². The maximum atomic E-state index is 12.5. The first-order valence-corrected chi connectivity index (χ1v) is 9.61. The van der Waals surface area contributed by atoms with E-state index in [4.69, 9.17) is 0 Å². The number of fused-ring (bicyclic) bond motifs is 1. The summed E-state index contributed by atoms with van der Waals surface area (Å²) in [6.45, 7) is 3.04. The predicted octanol–water partition coefficient (Wildman–Crippen LogP) is 3.34. The second-order valence-electron chi connectivity index (χ2n) is 6.87. The standard InChI is InChI=1S/C18H24N2O3S.ClH/c1-12(16(21)19-14-5-7-15(24-2)8-6-14)20-10-13-4-3-9-18(13,11-20)17(22)23;/h5-8,12-13H,3-4,9-11H2,1-2H3,(H,19,21)(H,22,23);1H/t12?,13-,18+;/m0./s1. The van der Waals surface area contributed by atoms with Crippen LogP contribution in [-0.4, -0.2) is 47.3 Å². The molecule has 0 radical (unpaired) electrons. The van der Waals surface area contributed by atoms with Gasteiger partial charge in [0, 0.05) is 23.7 Å². The summed E-state index contributed by atoms with van der Waals surface area (Å²) in [6.07, 6.45) is 4.67. The largest absolute Gasteiger partial charge is 0.481 e. The van der Waals surface area contributed by atoms with Gasteiger partial charge in [0.05, 0.1) is 11.5 Å². The van der Waals surface area contributed by atoms with E-state index in [1.54, 1.807) is 11.8 Å². The Morgan fingerprint density at radius 1 is 1.36 bits per heavy atom. The molecule has 1 saturated heterocycles. The molecule has 3 atom stereocenters. The monoisotopic (exact) mass is 384 g/mol. The molecule has 2 N–H and O–H groups in total. The number of thioether (sulfide) groups is 1. The Morgan fingerprint density at radius 2 is 2.04 bits per heavy atom. The van der Waals surface area contributed by atoms with Crippen LogP contribution in [0.4, 0.5) is 5.69 Å². The molecular formula is C18H25ClN2O3S. The lowest BCUT2D eigenvalue weighted by Gasteiger charge is -2.26. The van der Waals surface area contributed by atoms with Crippen LogP contribution in [-0.2, 0) is 9.59 Å². The van der Waals surface area contributed by atoms with Crippen LogP contribution in [0.15, 0.2) is 29.2 Å². The first-order valence-electron chi connectivity index (χ1n) is 8.38. The highest BCUT2D eigenvalue weighted by molar-refractivity contribution is 7.98. The maximum Gasteiger partial charge on any atom is 0.311 e. The van der Waals surface area contributed by atoms with Gasteiger partial charge in [-0.3, -0.25) is 14.5 Å². The third-order valence-corrected chi connectivity index (χ3v) is 6.35. The summed E-state index contributed by atoms with van der Waals surface area (Å²) in [6, 6.07) is 7.42. The van der Waals surface area contributed by atoms with Crippen molar-refractivity contribution in [2.45, 2.75) is 37.1 Å². The average Bonchev–Trinajstić information content (AvgIpc) is 3.13. The molecule has 1 amide bonds. The number of aliphatic carboxylic acids is 1. The van der Waals surface area contributed by atoms with Crippen molar-refractivity contribution in [3.63, 3.8) is 0 Å². The number of carboxylic acids is 1. The second-order valence-corrected chi connectivity index (χ2v) is 7.75. The molecule has 2 aliphatic rings. The normalized spacial score (nSPS) is 26.6. The molecule has 3 rings (SSSR count). The number of likely N-dealkylation sites (tertiary alicyclic amines) is 1. The minimum Gasteiger partial charge on any atom is -0.481 e. The number of amides is 1. The van der Waals surface area contributed by atoms with E-state index >= 15 is 0 Å². The van der Waals surface area contributed by atoms with Gasteiger partial charge < -0.3 is 10.4 Å². The van der Waals surface area contributed by atoms with Gasteiger partial charge in [-0.2, -0.15) is 0 Å². The fourth-order valence-electron chi connectivity index (χ4n) is 4.06. The summed E-state index contributed by atoms with van der Waals surface area (Å²) < 4.78 is 0. The number of anilines is 1. The summed E-state index contributed by atoms with van der Waals surface area (Å²) in [5.41, 5.74) is 0.131. The Balaban J connectivity index is 0.00000225. The number of benzene rings is 1. The Bertz CT molecular complexity index is 640. The lowest BCUT2D eigenvalue weighted by atomic mass is 9.81. The summed E-state index contributed by atoms with van der Waals surface area (Å²) in [7, 11) is 0. The van der Waals surface area contributed by atoms with Crippen LogP contribution >= 0.6 is 24.2 Å². The number of hydrogen-bond acceptors (Lipinski definition) is 4. The zero-order valence-electron chi connectivity index (χ0n) is 14.5. The van der Waals surface area contributed by atoms with Crippen molar-refractivity contribution in [1.82, 2.24) is 4.90 Å². The molecule has 5 nitrogen and oxygen atoms in total. The fraction of sp³-hybridized carbons (Fsp3) is 0.556. The van der Waals surface area contributed by atoms with Crippen molar-refractivity contribution in [2.75, 3.05) is 24.7 Å². The maximum absolute atomic E-state index is 12.5. The third kappa shape index (κ3) is 3.81. The highest BCUT2D eigenvalue weighted by Crippen LogP contribution is 2.49. The van der Waals surface area contributed by atoms with E-state index in [1.165, 1.54) is 0 Å². The van der Waals surface area contributed by atoms with E-state index in [2.05, 4.69) is 5.32 Å².